The van der Waals surface area contributed by atoms with Crippen LogP contribution in [0.2, 0.25) is 0 Å². The molecule has 1 aromatic carbocycles. The van der Waals surface area contributed by atoms with Crippen LogP contribution < -0.4 is 10.6 Å². The molecule has 19 heavy (non-hydrogen) atoms. The fourth-order valence-corrected chi connectivity index (χ4v) is 2.23. The highest BCUT2D eigenvalue weighted by molar-refractivity contribution is 7.80. The molecule has 0 aliphatic carbocycles. The van der Waals surface area contributed by atoms with E-state index in [-0.39, 0.29) is 6.04 Å². The zero-order chi connectivity index (χ0) is 13.7. The highest BCUT2D eigenvalue weighted by Gasteiger charge is 2.11. The number of nitrogens with one attached hydrogen (secondary N) is 2. The molecule has 0 aliphatic rings. The van der Waals surface area contributed by atoms with Crippen molar-refractivity contribution in [2.24, 2.45) is 0 Å². The molecule has 0 saturated carbocycles. The fraction of sp³-hybridized carbons (Fsp3) is 0.286. The number of thiocarbonyl (C=S) groups is 1. The van der Waals surface area contributed by atoms with Crippen LogP contribution in [0, 0.1) is 0 Å². The van der Waals surface area contributed by atoms with Crippen molar-refractivity contribution < 1.29 is 0 Å². The minimum atomic E-state index is 0.117. The van der Waals surface area contributed by atoms with Gasteiger partial charge >= 0.3 is 0 Å². The van der Waals surface area contributed by atoms with Gasteiger partial charge in [-0.3, -0.25) is 4.68 Å². The summed E-state index contributed by atoms with van der Waals surface area (Å²) in [7, 11) is 0. The van der Waals surface area contributed by atoms with E-state index in [9.17, 15) is 0 Å². The summed E-state index contributed by atoms with van der Waals surface area (Å²) in [6, 6.07) is 12.0. The molecule has 100 valence electrons. The van der Waals surface area contributed by atoms with Gasteiger partial charge in [-0.15, -0.1) is 0 Å². The molecular weight excluding hydrogens is 256 g/mol. The van der Waals surface area contributed by atoms with Gasteiger partial charge < -0.3 is 10.6 Å². The van der Waals surface area contributed by atoms with Gasteiger partial charge in [0.05, 0.1) is 11.7 Å². The highest BCUT2D eigenvalue weighted by Crippen LogP contribution is 2.12. The third-order valence-electron chi connectivity index (χ3n) is 2.87. The number of rotatable bonds is 4. The Morgan fingerprint density at radius 2 is 2.05 bits per heavy atom. The number of aromatic nitrogens is 2. The number of aryl methyl sites for hydroxylation is 1. The topological polar surface area (TPSA) is 41.9 Å². The van der Waals surface area contributed by atoms with Crippen LogP contribution in [-0.4, -0.2) is 14.9 Å². The van der Waals surface area contributed by atoms with Crippen molar-refractivity contribution in [2.75, 3.05) is 5.32 Å². The molecule has 2 aromatic rings. The van der Waals surface area contributed by atoms with Crippen molar-refractivity contribution in [1.29, 1.82) is 0 Å². The molecule has 0 amide bonds. The molecule has 0 aliphatic heterocycles. The van der Waals surface area contributed by atoms with Crippen molar-refractivity contribution in [3.63, 3.8) is 0 Å². The Bertz CT molecular complexity index is 535. The van der Waals surface area contributed by atoms with Gasteiger partial charge in [-0.1, -0.05) is 18.2 Å². The normalized spacial score (nSPS) is 11.9. The largest absolute Gasteiger partial charge is 0.354 e. The van der Waals surface area contributed by atoms with Crippen molar-refractivity contribution in [2.45, 2.75) is 26.4 Å². The molecule has 0 radical (unpaired) electrons. The van der Waals surface area contributed by atoms with Crippen LogP contribution in [0.4, 0.5) is 5.69 Å². The predicted octanol–water partition coefficient (Wildman–Crippen LogP) is 2.95. The van der Waals surface area contributed by atoms with E-state index in [0.29, 0.717) is 5.11 Å². The van der Waals surface area contributed by atoms with E-state index in [1.54, 1.807) is 0 Å². The van der Waals surface area contributed by atoms with E-state index >= 15 is 0 Å². The molecule has 0 bridgehead atoms. The molecule has 0 saturated heterocycles. The monoisotopic (exact) mass is 274 g/mol. The van der Waals surface area contributed by atoms with Crippen LogP contribution in [0.1, 0.15) is 25.6 Å². The first-order valence-corrected chi connectivity index (χ1v) is 6.75. The Morgan fingerprint density at radius 3 is 2.74 bits per heavy atom. The van der Waals surface area contributed by atoms with Crippen molar-refractivity contribution in [3.8, 4) is 0 Å². The molecule has 1 aromatic heterocycles. The summed E-state index contributed by atoms with van der Waals surface area (Å²) < 4.78 is 1.96. The van der Waals surface area contributed by atoms with Crippen LogP contribution in [0.15, 0.2) is 42.6 Å². The average molecular weight is 274 g/mol. The summed E-state index contributed by atoms with van der Waals surface area (Å²) in [6.07, 6.45) is 1.81. The van der Waals surface area contributed by atoms with E-state index in [2.05, 4.69) is 29.6 Å². The maximum absolute atomic E-state index is 5.31. The van der Waals surface area contributed by atoms with Crippen LogP contribution in [-0.2, 0) is 6.54 Å². The molecule has 0 fully saturated rings. The average Bonchev–Trinajstić information content (AvgIpc) is 2.88. The zero-order valence-electron chi connectivity index (χ0n) is 11.1. The number of anilines is 1. The maximum Gasteiger partial charge on any atom is 0.171 e. The van der Waals surface area contributed by atoms with Gasteiger partial charge in [-0.25, -0.2) is 0 Å². The molecule has 1 heterocycles. The van der Waals surface area contributed by atoms with E-state index in [4.69, 9.17) is 12.2 Å². The lowest BCUT2D eigenvalue weighted by molar-refractivity contribution is 0.568. The van der Waals surface area contributed by atoms with Gasteiger partial charge in [-0.2, -0.15) is 5.10 Å². The van der Waals surface area contributed by atoms with Crippen molar-refractivity contribution in [1.82, 2.24) is 15.1 Å². The second-order valence-electron chi connectivity index (χ2n) is 4.26. The molecule has 1 unspecified atom stereocenters. The van der Waals surface area contributed by atoms with Crippen LogP contribution in [0.5, 0.6) is 0 Å². The van der Waals surface area contributed by atoms with Crippen molar-refractivity contribution in [3.05, 3.63) is 48.3 Å². The second-order valence-corrected chi connectivity index (χ2v) is 4.67. The summed E-state index contributed by atoms with van der Waals surface area (Å²) >= 11 is 5.31. The lowest BCUT2D eigenvalue weighted by atomic mass is 10.2. The predicted molar refractivity (Wildman–Crippen MR) is 82.1 cm³/mol. The smallest absolute Gasteiger partial charge is 0.171 e. The Hall–Kier alpha value is -1.88. The molecule has 1 atom stereocenters. The van der Waals surface area contributed by atoms with Gasteiger partial charge in [-0.05, 0) is 44.3 Å². The Labute approximate surface area is 118 Å². The van der Waals surface area contributed by atoms with Gasteiger partial charge in [0, 0.05) is 18.4 Å². The maximum atomic E-state index is 5.31. The van der Waals surface area contributed by atoms with Gasteiger partial charge in [0.25, 0.3) is 0 Å². The first kappa shape index (κ1) is 13.5. The van der Waals surface area contributed by atoms with Crippen LogP contribution in [0.25, 0.3) is 0 Å². The Balaban J connectivity index is 1.96. The summed E-state index contributed by atoms with van der Waals surface area (Å²) in [5, 5.41) is 11.3. The quantitative estimate of drug-likeness (QED) is 0.841. The van der Waals surface area contributed by atoms with E-state index in [1.807, 2.05) is 47.3 Å². The third-order valence-corrected chi connectivity index (χ3v) is 3.09. The summed E-state index contributed by atoms with van der Waals surface area (Å²) in [6.45, 7) is 5.00. The lowest BCUT2D eigenvalue weighted by Gasteiger charge is -2.18. The van der Waals surface area contributed by atoms with Gasteiger partial charge in [0.1, 0.15) is 0 Å². The highest BCUT2D eigenvalue weighted by atomic mass is 32.1. The molecule has 2 N–H and O–H groups in total. The van der Waals surface area contributed by atoms with E-state index < -0.39 is 0 Å². The number of para-hydroxylation sites is 1. The van der Waals surface area contributed by atoms with E-state index in [1.165, 1.54) is 0 Å². The molecule has 2 rings (SSSR count). The van der Waals surface area contributed by atoms with Crippen molar-refractivity contribution >= 4 is 23.0 Å². The third kappa shape index (κ3) is 3.54. The molecule has 0 spiro atoms. The van der Waals surface area contributed by atoms with Crippen LogP contribution >= 0.6 is 12.2 Å². The standard InChI is InChI=1S/C14H18N4S/c1-3-18-13(9-10-15-18)11(2)16-14(19)17-12-7-5-4-6-8-12/h4-11H,3H2,1-2H3,(H2,16,17,19). The summed E-state index contributed by atoms with van der Waals surface area (Å²) in [4.78, 5) is 0. The Morgan fingerprint density at radius 1 is 1.32 bits per heavy atom. The number of hydrogen-bond acceptors (Lipinski definition) is 2. The SMILES string of the molecule is CCn1nccc1C(C)NC(=S)Nc1ccccc1. The minimum Gasteiger partial charge on any atom is -0.354 e. The molecular formula is C14H18N4S. The molecule has 4 nitrogen and oxygen atoms in total. The summed E-state index contributed by atoms with van der Waals surface area (Å²) in [5.74, 6) is 0. The van der Waals surface area contributed by atoms with Crippen LogP contribution in [0.3, 0.4) is 0 Å². The fourth-order valence-electron chi connectivity index (χ4n) is 1.93. The summed E-state index contributed by atoms with van der Waals surface area (Å²) in [5.41, 5.74) is 2.11. The first-order valence-electron chi connectivity index (χ1n) is 6.35. The van der Waals surface area contributed by atoms with Gasteiger partial charge in [0.2, 0.25) is 0 Å². The zero-order valence-corrected chi connectivity index (χ0v) is 11.9. The minimum absolute atomic E-state index is 0.117. The van der Waals surface area contributed by atoms with Gasteiger partial charge in [0.15, 0.2) is 5.11 Å². The Kier molecular flexibility index (Phi) is 4.52. The van der Waals surface area contributed by atoms with E-state index in [0.717, 1.165) is 17.9 Å². The number of hydrogen-bond donors (Lipinski definition) is 2. The first-order chi connectivity index (χ1) is 9.20. The number of benzene rings is 1. The number of nitrogens with zero attached hydrogens (tertiary/aromatic N) is 2. The molecule has 5 heteroatoms. The second kappa shape index (κ2) is 6.33. The lowest BCUT2D eigenvalue weighted by Crippen LogP contribution is -2.32.